The van der Waals surface area contributed by atoms with Crippen molar-refractivity contribution in [2.45, 2.75) is 32.7 Å². The van der Waals surface area contributed by atoms with Crippen molar-refractivity contribution in [2.24, 2.45) is 5.92 Å². The van der Waals surface area contributed by atoms with Gasteiger partial charge in [0.2, 0.25) is 5.91 Å². The van der Waals surface area contributed by atoms with Gasteiger partial charge in [-0.3, -0.25) is 4.79 Å². The van der Waals surface area contributed by atoms with Crippen LogP contribution < -0.4 is 5.32 Å². The van der Waals surface area contributed by atoms with Crippen molar-refractivity contribution in [3.05, 3.63) is 34.3 Å². The minimum Gasteiger partial charge on any atom is -0.340 e. The summed E-state index contributed by atoms with van der Waals surface area (Å²) in [6.45, 7) is 4.07. The summed E-state index contributed by atoms with van der Waals surface area (Å²) in [6.07, 6.45) is 0.992. The van der Waals surface area contributed by atoms with Crippen LogP contribution in [-0.2, 0) is 11.2 Å². The lowest BCUT2D eigenvalue weighted by Gasteiger charge is -2.13. The summed E-state index contributed by atoms with van der Waals surface area (Å²) in [5.74, 6) is 0.284. The van der Waals surface area contributed by atoms with Gasteiger partial charge in [0.1, 0.15) is 6.04 Å². The number of hydrogen-bond acceptors (Lipinski definition) is 2. The van der Waals surface area contributed by atoms with E-state index in [0.717, 1.165) is 10.0 Å². The summed E-state index contributed by atoms with van der Waals surface area (Å²) >= 11 is 3.35. The summed E-state index contributed by atoms with van der Waals surface area (Å²) in [4.78, 5) is 11.8. The molecule has 0 aromatic heterocycles. The normalized spacial score (nSPS) is 11.9. The van der Waals surface area contributed by atoms with E-state index < -0.39 is 6.04 Å². The lowest BCUT2D eigenvalue weighted by atomic mass is 10.0. The Balaban J connectivity index is 2.50. The maximum Gasteiger partial charge on any atom is 0.225 e. The Kier molecular flexibility index (Phi) is 5.87. The molecular weight excluding hydrogens is 292 g/mol. The van der Waals surface area contributed by atoms with Gasteiger partial charge in [-0.1, -0.05) is 41.9 Å². The first-order valence-electron chi connectivity index (χ1n) is 5.94. The van der Waals surface area contributed by atoms with Gasteiger partial charge in [0.15, 0.2) is 0 Å². The Morgan fingerprint density at radius 2 is 2.00 bits per heavy atom. The van der Waals surface area contributed by atoms with E-state index in [1.807, 2.05) is 38.1 Å². The fourth-order valence-corrected chi connectivity index (χ4v) is 1.91. The van der Waals surface area contributed by atoms with Crippen LogP contribution in [0, 0.1) is 17.2 Å². The molecule has 3 nitrogen and oxygen atoms in total. The molecule has 1 aromatic rings. The third kappa shape index (κ3) is 5.33. The zero-order valence-corrected chi connectivity index (χ0v) is 12.2. The molecule has 96 valence electrons. The second-order valence-corrected chi connectivity index (χ2v) is 5.60. The topological polar surface area (TPSA) is 52.9 Å². The molecule has 1 atom stereocenters. The Bertz CT molecular complexity index is 434. The van der Waals surface area contributed by atoms with Crippen molar-refractivity contribution in [2.75, 3.05) is 0 Å². The maximum absolute atomic E-state index is 11.8. The van der Waals surface area contributed by atoms with Crippen LogP contribution in [0.4, 0.5) is 0 Å². The highest BCUT2D eigenvalue weighted by atomic mass is 79.9. The van der Waals surface area contributed by atoms with Gasteiger partial charge in [0, 0.05) is 4.47 Å². The molecule has 1 N–H and O–H groups in total. The molecule has 0 aliphatic rings. The van der Waals surface area contributed by atoms with Gasteiger partial charge in [-0.25, -0.2) is 0 Å². The van der Waals surface area contributed by atoms with Crippen LogP contribution in [0.1, 0.15) is 25.8 Å². The van der Waals surface area contributed by atoms with Crippen molar-refractivity contribution in [3.63, 3.8) is 0 Å². The number of nitrogens with zero attached hydrogens (tertiary/aromatic N) is 1. The molecule has 0 spiro atoms. The SMILES string of the molecule is CC(C)C[C@@H](C#N)NC(=O)Cc1ccc(Br)cc1. The largest absolute Gasteiger partial charge is 0.340 e. The van der Waals surface area contributed by atoms with E-state index in [1.165, 1.54) is 0 Å². The van der Waals surface area contributed by atoms with E-state index in [1.54, 1.807) is 0 Å². The van der Waals surface area contributed by atoms with Crippen LogP contribution >= 0.6 is 15.9 Å². The lowest BCUT2D eigenvalue weighted by Crippen LogP contribution is -2.35. The molecule has 1 aromatic carbocycles. The molecule has 1 rings (SSSR count). The Labute approximate surface area is 116 Å². The molecule has 0 unspecified atom stereocenters. The molecule has 0 radical (unpaired) electrons. The van der Waals surface area contributed by atoms with Crippen molar-refractivity contribution in [3.8, 4) is 6.07 Å². The van der Waals surface area contributed by atoms with E-state index in [9.17, 15) is 4.79 Å². The number of carbonyl (C=O) groups excluding carboxylic acids is 1. The fourth-order valence-electron chi connectivity index (χ4n) is 1.65. The molecule has 4 heteroatoms. The maximum atomic E-state index is 11.8. The molecular formula is C14H17BrN2O. The number of nitriles is 1. The van der Waals surface area contributed by atoms with Crippen LogP contribution in [0.15, 0.2) is 28.7 Å². The smallest absolute Gasteiger partial charge is 0.225 e. The Morgan fingerprint density at radius 1 is 1.39 bits per heavy atom. The van der Waals surface area contributed by atoms with Gasteiger partial charge >= 0.3 is 0 Å². The monoisotopic (exact) mass is 308 g/mol. The van der Waals surface area contributed by atoms with E-state index >= 15 is 0 Å². The zero-order chi connectivity index (χ0) is 13.5. The predicted octanol–water partition coefficient (Wildman–Crippen LogP) is 3.05. The highest BCUT2D eigenvalue weighted by molar-refractivity contribution is 9.10. The van der Waals surface area contributed by atoms with Crippen LogP contribution in [0.3, 0.4) is 0 Å². The van der Waals surface area contributed by atoms with Gasteiger partial charge in [0.05, 0.1) is 12.5 Å². The number of carbonyl (C=O) groups is 1. The minimum atomic E-state index is -0.395. The summed E-state index contributed by atoms with van der Waals surface area (Å²) in [5.41, 5.74) is 0.942. The zero-order valence-electron chi connectivity index (χ0n) is 10.6. The van der Waals surface area contributed by atoms with Crippen molar-refractivity contribution in [1.29, 1.82) is 5.26 Å². The number of nitrogens with one attached hydrogen (secondary N) is 1. The first-order valence-corrected chi connectivity index (χ1v) is 6.74. The number of hydrogen-bond donors (Lipinski definition) is 1. The summed E-state index contributed by atoms with van der Waals surface area (Å²) in [5, 5.41) is 11.7. The van der Waals surface area contributed by atoms with Crippen LogP contribution in [-0.4, -0.2) is 11.9 Å². The molecule has 0 saturated heterocycles. The molecule has 0 heterocycles. The second-order valence-electron chi connectivity index (χ2n) is 4.68. The minimum absolute atomic E-state index is 0.107. The molecule has 1 amide bonds. The highest BCUT2D eigenvalue weighted by Gasteiger charge is 2.13. The van der Waals surface area contributed by atoms with Gasteiger partial charge in [-0.2, -0.15) is 5.26 Å². The quantitative estimate of drug-likeness (QED) is 0.909. The third-order valence-corrected chi connectivity index (χ3v) is 3.00. The van der Waals surface area contributed by atoms with Gasteiger partial charge in [-0.05, 0) is 30.0 Å². The van der Waals surface area contributed by atoms with Crippen molar-refractivity contribution >= 4 is 21.8 Å². The molecule has 0 saturated carbocycles. The number of benzene rings is 1. The third-order valence-electron chi connectivity index (χ3n) is 2.48. The average molecular weight is 309 g/mol. The first kappa shape index (κ1) is 14.7. The summed E-state index contributed by atoms with van der Waals surface area (Å²) in [7, 11) is 0. The van der Waals surface area contributed by atoms with Gasteiger partial charge in [0.25, 0.3) is 0 Å². The van der Waals surface area contributed by atoms with Crippen LogP contribution in [0.2, 0.25) is 0 Å². The average Bonchev–Trinajstić information content (AvgIpc) is 2.30. The molecule has 0 fully saturated rings. The molecule has 0 bridgehead atoms. The molecule has 0 aliphatic carbocycles. The van der Waals surface area contributed by atoms with E-state index in [-0.39, 0.29) is 5.91 Å². The highest BCUT2D eigenvalue weighted by Crippen LogP contribution is 2.11. The summed E-state index contributed by atoms with van der Waals surface area (Å²) in [6, 6.07) is 9.32. The Hall–Kier alpha value is -1.34. The number of amides is 1. The summed E-state index contributed by atoms with van der Waals surface area (Å²) < 4.78 is 0.987. The van der Waals surface area contributed by atoms with Crippen molar-refractivity contribution in [1.82, 2.24) is 5.32 Å². The first-order chi connectivity index (χ1) is 8.51. The van der Waals surface area contributed by atoms with E-state index in [4.69, 9.17) is 5.26 Å². The fraction of sp³-hybridized carbons (Fsp3) is 0.429. The Morgan fingerprint density at radius 3 is 2.50 bits per heavy atom. The number of rotatable bonds is 5. The van der Waals surface area contributed by atoms with Crippen LogP contribution in [0.5, 0.6) is 0 Å². The second kappa shape index (κ2) is 7.17. The van der Waals surface area contributed by atoms with Crippen molar-refractivity contribution < 1.29 is 4.79 Å². The van der Waals surface area contributed by atoms with E-state index in [0.29, 0.717) is 18.8 Å². The van der Waals surface area contributed by atoms with Gasteiger partial charge < -0.3 is 5.32 Å². The van der Waals surface area contributed by atoms with Crippen LogP contribution in [0.25, 0.3) is 0 Å². The van der Waals surface area contributed by atoms with E-state index in [2.05, 4.69) is 27.3 Å². The lowest BCUT2D eigenvalue weighted by molar-refractivity contribution is -0.120. The van der Waals surface area contributed by atoms with Gasteiger partial charge in [-0.15, -0.1) is 0 Å². The molecule has 0 aliphatic heterocycles. The predicted molar refractivity (Wildman–Crippen MR) is 74.8 cm³/mol. The number of halogens is 1. The standard InChI is InChI=1S/C14H17BrN2O/c1-10(2)7-13(9-16)17-14(18)8-11-3-5-12(15)6-4-11/h3-6,10,13H,7-8H2,1-2H3,(H,17,18)/t13-/m0/s1. The molecule has 18 heavy (non-hydrogen) atoms.